The van der Waals surface area contributed by atoms with E-state index in [1.807, 2.05) is 37.3 Å². The van der Waals surface area contributed by atoms with Gasteiger partial charge in [0.2, 0.25) is 5.91 Å². The Bertz CT molecular complexity index is 482. The molecule has 1 aromatic rings. The minimum Gasteiger partial charge on any atom is -0.481 e. The van der Waals surface area contributed by atoms with Crippen LogP contribution in [0.5, 0.6) is 5.75 Å². The molecule has 1 fully saturated rings. The van der Waals surface area contributed by atoms with E-state index < -0.39 is 6.10 Å². The molecule has 114 valence electrons. The fourth-order valence-corrected chi connectivity index (χ4v) is 2.56. The van der Waals surface area contributed by atoms with Crippen molar-refractivity contribution in [3.8, 4) is 5.75 Å². The number of benzene rings is 1. The van der Waals surface area contributed by atoms with E-state index >= 15 is 0 Å². The lowest BCUT2D eigenvalue weighted by molar-refractivity contribution is -0.141. The van der Waals surface area contributed by atoms with Crippen LogP contribution in [-0.4, -0.2) is 35.9 Å². The number of nitrogens with zero attached hydrogens (tertiary/aromatic N) is 1. The number of nitrogens with two attached hydrogens (primary N) is 1. The van der Waals surface area contributed by atoms with Gasteiger partial charge in [-0.15, -0.1) is 0 Å². The number of piperidine rings is 1. The molecule has 1 aromatic carbocycles. The monoisotopic (exact) mass is 290 g/mol. The fourth-order valence-electron chi connectivity index (χ4n) is 2.56. The molecule has 0 aliphatic carbocycles. The number of carbonyl (C=O) groups is 2. The number of hydrogen-bond donors (Lipinski definition) is 1. The van der Waals surface area contributed by atoms with Gasteiger partial charge in [-0.25, -0.2) is 0 Å². The van der Waals surface area contributed by atoms with E-state index in [0.717, 1.165) is 0 Å². The number of primary amides is 1. The Labute approximate surface area is 125 Å². The molecule has 1 aliphatic rings. The maximum Gasteiger partial charge on any atom is 0.263 e. The SMILES string of the molecule is CC[C@H](Oc1ccccc1)C(=O)N1CCC(C(N)=O)CC1. The topological polar surface area (TPSA) is 72.6 Å². The summed E-state index contributed by atoms with van der Waals surface area (Å²) in [7, 11) is 0. The molecule has 5 nitrogen and oxygen atoms in total. The van der Waals surface area contributed by atoms with Gasteiger partial charge in [-0.05, 0) is 31.4 Å². The summed E-state index contributed by atoms with van der Waals surface area (Å²) >= 11 is 0. The zero-order valence-corrected chi connectivity index (χ0v) is 12.3. The zero-order valence-electron chi connectivity index (χ0n) is 12.3. The summed E-state index contributed by atoms with van der Waals surface area (Å²) in [6, 6.07) is 9.35. The van der Waals surface area contributed by atoms with Crippen molar-refractivity contribution in [2.45, 2.75) is 32.3 Å². The Balaban J connectivity index is 1.93. The molecular formula is C16H22N2O3. The van der Waals surface area contributed by atoms with Crippen LogP contribution < -0.4 is 10.5 Å². The first-order chi connectivity index (χ1) is 10.1. The number of rotatable bonds is 5. The van der Waals surface area contributed by atoms with E-state index in [1.165, 1.54) is 0 Å². The molecule has 0 saturated carbocycles. The predicted octanol–water partition coefficient (Wildman–Crippen LogP) is 1.57. The molecule has 1 saturated heterocycles. The van der Waals surface area contributed by atoms with Crippen LogP contribution in [-0.2, 0) is 9.59 Å². The van der Waals surface area contributed by atoms with Crippen molar-refractivity contribution < 1.29 is 14.3 Å². The lowest BCUT2D eigenvalue weighted by atomic mass is 9.96. The standard InChI is InChI=1S/C16H22N2O3/c1-2-14(21-13-6-4-3-5-7-13)16(20)18-10-8-12(9-11-18)15(17)19/h3-7,12,14H,2,8-11H2,1H3,(H2,17,19)/t14-/m0/s1. The number of hydrogen-bond acceptors (Lipinski definition) is 3. The van der Waals surface area contributed by atoms with Gasteiger partial charge < -0.3 is 15.4 Å². The second kappa shape index (κ2) is 7.11. The minimum atomic E-state index is -0.475. The van der Waals surface area contributed by atoms with Crippen molar-refractivity contribution in [2.24, 2.45) is 11.7 Å². The maximum atomic E-state index is 12.5. The van der Waals surface area contributed by atoms with Gasteiger partial charge in [-0.3, -0.25) is 9.59 Å². The van der Waals surface area contributed by atoms with E-state index in [0.29, 0.717) is 38.1 Å². The van der Waals surface area contributed by atoms with Crippen LogP contribution in [0.1, 0.15) is 26.2 Å². The number of carbonyl (C=O) groups excluding carboxylic acids is 2. The van der Waals surface area contributed by atoms with Gasteiger partial charge in [0.15, 0.2) is 6.10 Å². The third-order valence-electron chi connectivity index (χ3n) is 3.88. The first-order valence-electron chi connectivity index (χ1n) is 7.41. The molecule has 21 heavy (non-hydrogen) atoms. The van der Waals surface area contributed by atoms with Gasteiger partial charge in [-0.2, -0.15) is 0 Å². The summed E-state index contributed by atoms with van der Waals surface area (Å²) in [4.78, 5) is 25.4. The summed E-state index contributed by atoms with van der Waals surface area (Å²) in [6.45, 7) is 3.07. The highest BCUT2D eigenvalue weighted by atomic mass is 16.5. The minimum absolute atomic E-state index is 0.00993. The molecule has 1 heterocycles. The molecule has 0 spiro atoms. The Morgan fingerprint density at radius 3 is 2.43 bits per heavy atom. The van der Waals surface area contributed by atoms with Gasteiger partial charge in [-0.1, -0.05) is 25.1 Å². The highest BCUT2D eigenvalue weighted by molar-refractivity contribution is 5.82. The Kier molecular flexibility index (Phi) is 5.20. The average Bonchev–Trinajstić information content (AvgIpc) is 2.53. The van der Waals surface area contributed by atoms with Crippen LogP contribution in [0.25, 0.3) is 0 Å². The predicted molar refractivity (Wildman–Crippen MR) is 79.6 cm³/mol. The molecule has 5 heteroatoms. The van der Waals surface area contributed by atoms with Crippen molar-refractivity contribution in [3.05, 3.63) is 30.3 Å². The normalized spacial score (nSPS) is 17.3. The molecule has 0 bridgehead atoms. The molecule has 1 aliphatic heterocycles. The zero-order chi connectivity index (χ0) is 15.2. The van der Waals surface area contributed by atoms with Crippen LogP contribution in [0, 0.1) is 5.92 Å². The molecule has 2 rings (SSSR count). The molecule has 1 atom stereocenters. The Morgan fingerprint density at radius 1 is 1.29 bits per heavy atom. The lowest BCUT2D eigenvalue weighted by Gasteiger charge is -2.33. The molecular weight excluding hydrogens is 268 g/mol. The van der Waals surface area contributed by atoms with E-state index in [4.69, 9.17) is 10.5 Å². The summed E-state index contributed by atoms with van der Waals surface area (Å²) in [5.41, 5.74) is 5.31. The van der Waals surface area contributed by atoms with Gasteiger partial charge in [0.1, 0.15) is 5.75 Å². The summed E-state index contributed by atoms with van der Waals surface area (Å²) in [5.74, 6) is 0.313. The highest BCUT2D eigenvalue weighted by Gasteiger charge is 2.30. The quantitative estimate of drug-likeness (QED) is 0.894. The van der Waals surface area contributed by atoms with E-state index in [2.05, 4.69) is 0 Å². The highest BCUT2D eigenvalue weighted by Crippen LogP contribution is 2.20. The van der Waals surface area contributed by atoms with Crippen molar-refractivity contribution in [1.82, 2.24) is 4.90 Å². The first-order valence-corrected chi connectivity index (χ1v) is 7.41. The number of likely N-dealkylation sites (tertiary alicyclic amines) is 1. The third kappa shape index (κ3) is 3.97. The van der Waals surface area contributed by atoms with Gasteiger partial charge in [0.05, 0.1) is 0 Å². The Hall–Kier alpha value is -2.04. The van der Waals surface area contributed by atoms with E-state index in [1.54, 1.807) is 4.90 Å². The number of para-hydroxylation sites is 1. The van der Waals surface area contributed by atoms with E-state index in [9.17, 15) is 9.59 Å². The summed E-state index contributed by atoms with van der Waals surface area (Å²) < 4.78 is 5.77. The van der Waals surface area contributed by atoms with Crippen LogP contribution in [0.15, 0.2) is 30.3 Å². The summed E-state index contributed by atoms with van der Waals surface area (Å²) in [5, 5.41) is 0. The van der Waals surface area contributed by atoms with Crippen LogP contribution in [0.2, 0.25) is 0 Å². The van der Waals surface area contributed by atoms with Crippen LogP contribution >= 0.6 is 0 Å². The van der Waals surface area contributed by atoms with Crippen molar-refractivity contribution in [1.29, 1.82) is 0 Å². The fraction of sp³-hybridized carbons (Fsp3) is 0.500. The van der Waals surface area contributed by atoms with Crippen molar-refractivity contribution in [3.63, 3.8) is 0 Å². The van der Waals surface area contributed by atoms with Crippen molar-refractivity contribution >= 4 is 11.8 Å². The molecule has 0 aromatic heterocycles. The lowest BCUT2D eigenvalue weighted by Crippen LogP contribution is -2.47. The Morgan fingerprint density at radius 2 is 1.90 bits per heavy atom. The van der Waals surface area contributed by atoms with E-state index in [-0.39, 0.29) is 17.7 Å². The van der Waals surface area contributed by atoms with Crippen LogP contribution in [0.4, 0.5) is 0 Å². The third-order valence-corrected chi connectivity index (χ3v) is 3.88. The molecule has 2 N–H and O–H groups in total. The molecule has 0 unspecified atom stereocenters. The van der Waals surface area contributed by atoms with Crippen molar-refractivity contribution in [2.75, 3.05) is 13.1 Å². The molecule has 0 radical (unpaired) electrons. The average molecular weight is 290 g/mol. The number of amides is 2. The summed E-state index contributed by atoms with van der Waals surface area (Å²) in [6.07, 6.45) is 1.42. The maximum absolute atomic E-state index is 12.5. The smallest absolute Gasteiger partial charge is 0.263 e. The molecule has 2 amide bonds. The van der Waals surface area contributed by atoms with Crippen LogP contribution in [0.3, 0.4) is 0 Å². The number of ether oxygens (including phenoxy) is 1. The van der Waals surface area contributed by atoms with Gasteiger partial charge in [0.25, 0.3) is 5.91 Å². The van der Waals surface area contributed by atoms with Gasteiger partial charge in [0, 0.05) is 19.0 Å². The first kappa shape index (κ1) is 15.4. The largest absolute Gasteiger partial charge is 0.481 e. The van der Waals surface area contributed by atoms with Gasteiger partial charge >= 0.3 is 0 Å². The second-order valence-corrected chi connectivity index (χ2v) is 5.33. The second-order valence-electron chi connectivity index (χ2n) is 5.33.